The number of anilines is 1. The molecule has 0 saturated carbocycles. The van der Waals surface area contributed by atoms with Crippen molar-refractivity contribution in [2.24, 2.45) is 5.10 Å². The minimum atomic E-state index is -0.708. The first kappa shape index (κ1) is 22.7. The molecule has 2 aromatic rings. The smallest absolute Gasteiger partial charge is 0.251 e. The molecule has 2 aliphatic rings. The van der Waals surface area contributed by atoms with E-state index in [1.54, 1.807) is 12.1 Å². The Kier molecular flexibility index (Phi) is 7.47. The summed E-state index contributed by atoms with van der Waals surface area (Å²) >= 11 is 5.41. The molecule has 1 heterocycles. The van der Waals surface area contributed by atoms with Crippen LogP contribution in [-0.2, 0) is 4.79 Å². The molecule has 170 valence electrons. The minimum absolute atomic E-state index is 0.236. The Bertz CT molecular complexity index is 1080. The second kappa shape index (κ2) is 10.9. The third-order valence-electron chi connectivity index (χ3n) is 5.38. The minimum Gasteiger partial charge on any atom is -0.347 e. The first-order valence-electron chi connectivity index (χ1n) is 11.0. The molecular weight excluding hydrogens is 437 g/mol. The largest absolute Gasteiger partial charge is 0.347 e. The average Bonchev–Trinajstić information content (AvgIpc) is 3.34. The molecule has 1 amide bonds. The van der Waals surface area contributed by atoms with E-state index in [0.29, 0.717) is 12.1 Å². The lowest BCUT2D eigenvalue weighted by molar-refractivity contribution is -0.122. The van der Waals surface area contributed by atoms with Crippen LogP contribution in [-0.4, -0.2) is 34.8 Å². The van der Waals surface area contributed by atoms with E-state index in [2.05, 4.69) is 26.1 Å². The highest BCUT2D eigenvalue weighted by Gasteiger charge is 2.22. The maximum atomic E-state index is 13.2. The maximum Gasteiger partial charge on any atom is 0.251 e. The first-order valence-corrected chi connectivity index (χ1v) is 11.4. The van der Waals surface area contributed by atoms with Crippen molar-refractivity contribution in [3.63, 3.8) is 0 Å². The van der Waals surface area contributed by atoms with Gasteiger partial charge in [-0.25, -0.2) is 4.39 Å². The topological polar surface area (TPSA) is 68.8 Å². The molecule has 1 aliphatic heterocycles. The van der Waals surface area contributed by atoms with Gasteiger partial charge in [0, 0.05) is 30.9 Å². The van der Waals surface area contributed by atoms with E-state index in [4.69, 9.17) is 12.2 Å². The molecule has 6 nitrogen and oxygen atoms in total. The number of carbonyl (C=O) groups is 1. The summed E-state index contributed by atoms with van der Waals surface area (Å²) < 4.78 is 13.2. The molecule has 3 N–H and O–H groups in total. The Hall–Kier alpha value is -3.52. The predicted octanol–water partition coefficient (Wildman–Crippen LogP) is 4.27. The monoisotopic (exact) mass is 463 g/mol. The number of nitrogens with zero attached hydrogens (tertiary/aromatic N) is 2. The van der Waals surface area contributed by atoms with Gasteiger partial charge in [0.1, 0.15) is 11.9 Å². The lowest BCUT2D eigenvalue weighted by atomic mass is 10.1. The highest BCUT2D eigenvalue weighted by atomic mass is 32.1. The Morgan fingerprint density at radius 3 is 2.39 bits per heavy atom. The molecular formula is C25H26FN5OS. The van der Waals surface area contributed by atoms with E-state index in [1.165, 1.54) is 25.0 Å². The van der Waals surface area contributed by atoms with Crippen molar-refractivity contribution in [3.05, 3.63) is 89.9 Å². The number of rotatable bonds is 6. The fraction of sp³-hybridized carbons (Fsp3) is 0.240. The van der Waals surface area contributed by atoms with Gasteiger partial charge in [0.15, 0.2) is 5.11 Å². The number of hydrogen-bond acceptors (Lipinski definition) is 4. The van der Waals surface area contributed by atoms with Gasteiger partial charge < -0.3 is 16.0 Å². The maximum absolute atomic E-state index is 13.2. The fourth-order valence-corrected chi connectivity index (χ4v) is 3.91. The number of thiocarbonyl (C=S) groups is 1. The van der Waals surface area contributed by atoms with E-state index < -0.39 is 6.04 Å². The van der Waals surface area contributed by atoms with Crippen molar-refractivity contribution < 1.29 is 9.18 Å². The van der Waals surface area contributed by atoms with Crippen LogP contribution in [0.25, 0.3) is 0 Å². The Labute approximate surface area is 198 Å². The van der Waals surface area contributed by atoms with Crippen LogP contribution in [0.2, 0.25) is 0 Å². The second-order valence-electron chi connectivity index (χ2n) is 7.89. The molecule has 1 aliphatic carbocycles. The highest BCUT2D eigenvalue weighted by Crippen LogP contribution is 2.17. The lowest BCUT2D eigenvalue weighted by Gasteiger charge is -2.22. The van der Waals surface area contributed by atoms with Gasteiger partial charge in [0.05, 0.1) is 5.71 Å². The summed E-state index contributed by atoms with van der Waals surface area (Å²) in [6, 6.07) is 14.5. The van der Waals surface area contributed by atoms with Crippen LogP contribution in [0.5, 0.6) is 0 Å². The standard InChI is InChI=1S/C25H26FN5OS/c26-19-8-10-21(11-9-19)28-25(33)29-23(18-6-2-1-3-7-18)24(32)27-20-12-14-22(15-13-20)30-31-16-4-5-17-31/h1-3,6-14,23H,4-5,15-17H2,(H,27,32)(H2,28,29,33). The van der Waals surface area contributed by atoms with E-state index in [9.17, 15) is 9.18 Å². The van der Waals surface area contributed by atoms with Crippen LogP contribution in [0, 0.1) is 5.82 Å². The molecule has 1 fully saturated rings. The van der Waals surface area contributed by atoms with Crippen molar-refractivity contribution in [3.8, 4) is 0 Å². The zero-order chi connectivity index (χ0) is 23.0. The first-order chi connectivity index (χ1) is 16.1. The van der Waals surface area contributed by atoms with E-state index in [0.717, 1.165) is 30.1 Å². The third kappa shape index (κ3) is 6.49. The van der Waals surface area contributed by atoms with Crippen LogP contribution in [0.15, 0.2) is 83.6 Å². The van der Waals surface area contributed by atoms with Gasteiger partial charge in [-0.05, 0) is 67.0 Å². The number of hydrogen-bond donors (Lipinski definition) is 3. The van der Waals surface area contributed by atoms with Crippen molar-refractivity contribution in [2.45, 2.75) is 25.3 Å². The van der Waals surface area contributed by atoms with Gasteiger partial charge in [0.25, 0.3) is 5.91 Å². The van der Waals surface area contributed by atoms with Gasteiger partial charge in [-0.3, -0.25) is 9.80 Å². The van der Waals surface area contributed by atoms with Gasteiger partial charge in [-0.1, -0.05) is 36.4 Å². The highest BCUT2D eigenvalue weighted by molar-refractivity contribution is 7.80. The molecule has 4 rings (SSSR count). The fourth-order valence-electron chi connectivity index (χ4n) is 3.68. The summed E-state index contributed by atoms with van der Waals surface area (Å²) in [5.41, 5.74) is 3.11. The summed E-state index contributed by atoms with van der Waals surface area (Å²) in [5, 5.41) is 16.1. The Balaban J connectivity index is 1.41. The van der Waals surface area contributed by atoms with Crippen LogP contribution in [0.4, 0.5) is 10.1 Å². The third-order valence-corrected chi connectivity index (χ3v) is 5.60. The molecule has 2 aromatic carbocycles. The summed E-state index contributed by atoms with van der Waals surface area (Å²) in [5.74, 6) is -0.566. The summed E-state index contributed by atoms with van der Waals surface area (Å²) in [7, 11) is 0. The van der Waals surface area contributed by atoms with E-state index in [1.807, 2.05) is 48.6 Å². The molecule has 8 heteroatoms. The molecule has 0 bridgehead atoms. The van der Waals surface area contributed by atoms with Crippen molar-refractivity contribution in [2.75, 3.05) is 18.4 Å². The molecule has 1 atom stereocenters. The average molecular weight is 464 g/mol. The summed E-state index contributed by atoms with van der Waals surface area (Å²) in [6.07, 6.45) is 8.81. The van der Waals surface area contributed by atoms with Crippen molar-refractivity contribution >= 4 is 34.6 Å². The number of benzene rings is 2. The Morgan fingerprint density at radius 1 is 1.00 bits per heavy atom. The van der Waals surface area contributed by atoms with Gasteiger partial charge in [-0.2, -0.15) is 5.10 Å². The second-order valence-corrected chi connectivity index (χ2v) is 8.30. The number of allylic oxidation sites excluding steroid dienone is 3. The predicted molar refractivity (Wildman–Crippen MR) is 133 cm³/mol. The number of amides is 1. The molecule has 0 aromatic heterocycles. The number of nitrogens with one attached hydrogen (secondary N) is 3. The van der Waals surface area contributed by atoms with Gasteiger partial charge in [0.2, 0.25) is 0 Å². The van der Waals surface area contributed by atoms with Gasteiger partial charge in [-0.15, -0.1) is 0 Å². The molecule has 33 heavy (non-hydrogen) atoms. The number of hydrazone groups is 1. The molecule has 0 radical (unpaired) electrons. The van der Waals surface area contributed by atoms with Crippen molar-refractivity contribution in [1.29, 1.82) is 0 Å². The molecule has 1 unspecified atom stereocenters. The van der Waals surface area contributed by atoms with E-state index >= 15 is 0 Å². The quantitative estimate of drug-likeness (QED) is 0.559. The van der Waals surface area contributed by atoms with E-state index in [-0.39, 0.29) is 16.8 Å². The zero-order valence-corrected chi connectivity index (χ0v) is 18.9. The summed E-state index contributed by atoms with van der Waals surface area (Å²) in [4.78, 5) is 13.2. The number of carbonyl (C=O) groups excluding carboxylic acids is 1. The SMILES string of the molecule is O=C(NC1=CCC(=NN2CCCC2)C=C1)C(NC(=S)Nc1ccc(F)cc1)c1ccccc1. The Morgan fingerprint density at radius 2 is 1.73 bits per heavy atom. The van der Waals surface area contributed by atoms with Crippen LogP contribution in [0.1, 0.15) is 30.9 Å². The van der Waals surface area contributed by atoms with Crippen LogP contribution < -0.4 is 16.0 Å². The lowest BCUT2D eigenvalue weighted by Crippen LogP contribution is -2.41. The van der Waals surface area contributed by atoms with Crippen molar-refractivity contribution in [1.82, 2.24) is 15.6 Å². The molecule has 0 spiro atoms. The van der Waals surface area contributed by atoms with Crippen LogP contribution >= 0.6 is 12.2 Å². The number of halogens is 1. The normalized spacial score (nSPS) is 17.4. The van der Waals surface area contributed by atoms with Crippen LogP contribution in [0.3, 0.4) is 0 Å². The zero-order valence-electron chi connectivity index (χ0n) is 18.1. The summed E-state index contributed by atoms with van der Waals surface area (Å²) in [6.45, 7) is 2.00. The van der Waals surface area contributed by atoms with Gasteiger partial charge >= 0.3 is 0 Å². The molecule has 1 saturated heterocycles.